The molecule has 2 aromatic rings. The third-order valence-corrected chi connectivity index (χ3v) is 3.83. The lowest BCUT2D eigenvalue weighted by atomic mass is 9.97. The van der Waals surface area contributed by atoms with Crippen LogP contribution >= 0.6 is 0 Å². The number of amides is 1. The minimum absolute atomic E-state index is 0.267. The number of nitrogens with zero attached hydrogens (tertiary/aromatic N) is 5. The van der Waals surface area contributed by atoms with E-state index in [1.165, 1.54) is 10.4 Å². The second-order valence-corrected chi connectivity index (χ2v) is 7.04. The average molecular weight is 345 g/mol. The van der Waals surface area contributed by atoms with Crippen molar-refractivity contribution in [2.24, 2.45) is 0 Å². The number of carbonyl (C=O) groups is 1. The van der Waals surface area contributed by atoms with E-state index < -0.39 is 5.60 Å². The van der Waals surface area contributed by atoms with Crippen LogP contribution in [0.5, 0.6) is 0 Å². The zero-order chi connectivity index (χ0) is 18.0. The zero-order valence-electron chi connectivity index (χ0n) is 15.0. The predicted molar refractivity (Wildman–Crippen MR) is 90.6 cm³/mol. The fraction of sp³-hybridized carbons (Fsp3) is 0.529. The standard InChI is InChI=1S/C17H23N5O3/c1-17(2,3)25-16(23)21-8-7-12-9-13(5-6-14(12)10-21)15-18-20-22(19-15)11-24-4/h5-6,9H,7-8,10-11H2,1-4H3. The smallest absolute Gasteiger partial charge is 0.410 e. The van der Waals surface area contributed by atoms with Gasteiger partial charge in [-0.15, -0.1) is 15.0 Å². The number of methoxy groups -OCH3 is 1. The molecule has 0 fully saturated rings. The largest absolute Gasteiger partial charge is 0.444 e. The van der Waals surface area contributed by atoms with Crippen molar-refractivity contribution in [3.05, 3.63) is 29.3 Å². The molecule has 0 bridgehead atoms. The Kier molecular flexibility index (Phi) is 4.71. The number of tetrazole rings is 1. The lowest BCUT2D eigenvalue weighted by Gasteiger charge is -2.31. The molecular formula is C17H23N5O3. The van der Waals surface area contributed by atoms with E-state index in [0.717, 1.165) is 17.5 Å². The van der Waals surface area contributed by atoms with Crippen molar-refractivity contribution in [3.63, 3.8) is 0 Å². The fourth-order valence-corrected chi connectivity index (χ4v) is 2.70. The molecule has 0 atom stereocenters. The van der Waals surface area contributed by atoms with Gasteiger partial charge in [0.1, 0.15) is 5.60 Å². The Morgan fingerprint density at radius 1 is 1.28 bits per heavy atom. The topological polar surface area (TPSA) is 82.4 Å². The Balaban J connectivity index is 1.73. The van der Waals surface area contributed by atoms with Crippen LogP contribution in [0.4, 0.5) is 4.79 Å². The van der Waals surface area contributed by atoms with Gasteiger partial charge < -0.3 is 14.4 Å². The van der Waals surface area contributed by atoms with Crippen LogP contribution in [0.1, 0.15) is 31.9 Å². The molecule has 0 saturated heterocycles. The fourth-order valence-electron chi connectivity index (χ4n) is 2.70. The molecule has 1 aromatic carbocycles. The molecule has 0 aliphatic carbocycles. The molecule has 0 saturated carbocycles. The van der Waals surface area contributed by atoms with E-state index in [1.807, 2.05) is 32.9 Å². The SMILES string of the molecule is COCn1nnc(-c2ccc3c(c2)CCN(C(=O)OC(C)(C)C)C3)n1. The molecule has 8 nitrogen and oxygen atoms in total. The van der Waals surface area contributed by atoms with E-state index in [-0.39, 0.29) is 12.8 Å². The lowest BCUT2D eigenvalue weighted by Crippen LogP contribution is -2.39. The average Bonchev–Trinajstić information content (AvgIpc) is 3.01. The summed E-state index contributed by atoms with van der Waals surface area (Å²) in [4.78, 5) is 15.4. The molecule has 3 rings (SSSR count). The molecule has 1 aliphatic heterocycles. The summed E-state index contributed by atoms with van der Waals surface area (Å²) in [6.07, 6.45) is 0.501. The number of hydrogen-bond acceptors (Lipinski definition) is 6. The highest BCUT2D eigenvalue weighted by Gasteiger charge is 2.26. The van der Waals surface area contributed by atoms with E-state index in [1.54, 1.807) is 12.0 Å². The van der Waals surface area contributed by atoms with Crippen molar-refractivity contribution in [2.75, 3.05) is 13.7 Å². The Labute approximate surface area is 146 Å². The monoisotopic (exact) mass is 345 g/mol. The zero-order valence-corrected chi connectivity index (χ0v) is 15.0. The van der Waals surface area contributed by atoms with E-state index in [9.17, 15) is 4.79 Å². The molecule has 1 amide bonds. The summed E-state index contributed by atoms with van der Waals surface area (Å²) in [6.45, 7) is 7.07. The van der Waals surface area contributed by atoms with Gasteiger partial charge in [0.05, 0.1) is 0 Å². The molecule has 1 aliphatic rings. The highest BCUT2D eigenvalue weighted by molar-refractivity contribution is 5.69. The Morgan fingerprint density at radius 3 is 2.80 bits per heavy atom. The van der Waals surface area contributed by atoms with Gasteiger partial charge in [-0.25, -0.2) is 4.79 Å². The molecule has 0 unspecified atom stereocenters. The van der Waals surface area contributed by atoms with Gasteiger partial charge in [0.25, 0.3) is 0 Å². The quantitative estimate of drug-likeness (QED) is 0.848. The first-order valence-electron chi connectivity index (χ1n) is 8.22. The number of hydrogen-bond donors (Lipinski definition) is 0. The van der Waals surface area contributed by atoms with Crippen LogP contribution in [0.25, 0.3) is 11.4 Å². The maximum Gasteiger partial charge on any atom is 0.410 e. The van der Waals surface area contributed by atoms with E-state index in [2.05, 4.69) is 21.5 Å². The second kappa shape index (κ2) is 6.79. The van der Waals surface area contributed by atoms with Crippen LogP contribution < -0.4 is 0 Å². The highest BCUT2D eigenvalue weighted by atomic mass is 16.6. The van der Waals surface area contributed by atoms with Crippen molar-refractivity contribution < 1.29 is 14.3 Å². The summed E-state index contributed by atoms with van der Waals surface area (Å²) >= 11 is 0. The van der Waals surface area contributed by atoms with Gasteiger partial charge in [-0.3, -0.25) is 0 Å². The maximum absolute atomic E-state index is 12.2. The summed E-state index contributed by atoms with van der Waals surface area (Å²) in [5, 5.41) is 12.3. The second-order valence-electron chi connectivity index (χ2n) is 7.04. The first-order valence-corrected chi connectivity index (χ1v) is 8.22. The minimum Gasteiger partial charge on any atom is -0.444 e. The first kappa shape index (κ1) is 17.3. The van der Waals surface area contributed by atoms with E-state index in [4.69, 9.17) is 9.47 Å². The summed E-state index contributed by atoms with van der Waals surface area (Å²) < 4.78 is 10.4. The molecule has 8 heteroatoms. The number of ether oxygens (including phenoxy) is 2. The van der Waals surface area contributed by atoms with Gasteiger partial charge in [0, 0.05) is 25.8 Å². The number of benzene rings is 1. The van der Waals surface area contributed by atoms with Gasteiger partial charge >= 0.3 is 6.09 Å². The summed E-state index contributed by atoms with van der Waals surface area (Å²) in [5.41, 5.74) is 2.73. The molecule has 0 radical (unpaired) electrons. The number of aromatic nitrogens is 4. The van der Waals surface area contributed by atoms with Gasteiger partial charge in [-0.05, 0) is 49.6 Å². The van der Waals surface area contributed by atoms with Gasteiger partial charge in [-0.1, -0.05) is 12.1 Å². The number of rotatable bonds is 3. The molecule has 25 heavy (non-hydrogen) atoms. The van der Waals surface area contributed by atoms with Gasteiger partial charge in [0.15, 0.2) is 6.73 Å². The van der Waals surface area contributed by atoms with Crippen LogP contribution in [-0.2, 0) is 29.2 Å². The van der Waals surface area contributed by atoms with Crippen molar-refractivity contribution in [3.8, 4) is 11.4 Å². The summed E-state index contributed by atoms with van der Waals surface area (Å²) in [5.74, 6) is 0.564. The molecule has 0 N–H and O–H groups in total. The van der Waals surface area contributed by atoms with Crippen LogP contribution in [0.2, 0.25) is 0 Å². The highest BCUT2D eigenvalue weighted by Crippen LogP contribution is 2.25. The number of fused-ring (bicyclic) bond motifs is 1. The maximum atomic E-state index is 12.2. The molecule has 134 valence electrons. The molecule has 0 spiro atoms. The van der Waals surface area contributed by atoms with Crippen molar-refractivity contribution in [1.82, 2.24) is 25.1 Å². The van der Waals surface area contributed by atoms with Crippen LogP contribution in [0.15, 0.2) is 18.2 Å². The van der Waals surface area contributed by atoms with Gasteiger partial charge in [-0.2, -0.15) is 0 Å². The van der Waals surface area contributed by atoms with Crippen molar-refractivity contribution >= 4 is 6.09 Å². The Morgan fingerprint density at radius 2 is 2.08 bits per heavy atom. The molecular weight excluding hydrogens is 322 g/mol. The van der Waals surface area contributed by atoms with Crippen molar-refractivity contribution in [2.45, 2.75) is 46.1 Å². The Hall–Kier alpha value is -2.48. The van der Waals surface area contributed by atoms with Crippen LogP contribution in [0, 0.1) is 0 Å². The minimum atomic E-state index is -0.485. The normalized spacial score (nSPS) is 14.3. The Bertz CT molecular complexity index is 766. The van der Waals surface area contributed by atoms with Crippen LogP contribution in [0.3, 0.4) is 0 Å². The number of carbonyl (C=O) groups excluding carboxylic acids is 1. The molecule has 1 aromatic heterocycles. The summed E-state index contributed by atoms with van der Waals surface area (Å²) in [6, 6.07) is 6.03. The lowest BCUT2D eigenvalue weighted by molar-refractivity contribution is 0.0224. The van der Waals surface area contributed by atoms with Gasteiger partial charge in [0.2, 0.25) is 5.82 Å². The molecule has 2 heterocycles. The predicted octanol–water partition coefficient (Wildman–Crippen LogP) is 2.24. The third-order valence-electron chi connectivity index (χ3n) is 3.83. The summed E-state index contributed by atoms with van der Waals surface area (Å²) in [7, 11) is 1.58. The first-order chi connectivity index (χ1) is 11.9. The van der Waals surface area contributed by atoms with E-state index in [0.29, 0.717) is 18.9 Å². The third kappa shape index (κ3) is 4.14. The van der Waals surface area contributed by atoms with Crippen molar-refractivity contribution in [1.29, 1.82) is 0 Å². The van der Waals surface area contributed by atoms with E-state index >= 15 is 0 Å². The van der Waals surface area contributed by atoms with Crippen LogP contribution in [-0.4, -0.2) is 50.5 Å².